The molecule has 1 saturated heterocycles. The van der Waals surface area contributed by atoms with Gasteiger partial charge >= 0.3 is 5.97 Å². The lowest BCUT2D eigenvalue weighted by atomic mass is 10.1. The van der Waals surface area contributed by atoms with Crippen LogP contribution in [0, 0.1) is 5.92 Å². The van der Waals surface area contributed by atoms with Gasteiger partial charge < -0.3 is 14.8 Å². The van der Waals surface area contributed by atoms with Crippen molar-refractivity contribution in [3.63, 3.8) is 0 Å². The second-order valence-electron chi connectivity index (χ2n) is 4.32. The van der Waals surface area contributed by atoms with Gasteiger partial charge in [0.25, 0.3) is 5.91 Å². The van der Waals surface area contributed by atoms with Crippen LogP contribution < -0.4 is 0 Å². The molecule has 0 aromatic heterocycles. The highest BCUT2D eigenvalue weighted by atomic mass is 16.6. The van der Waals surface area contributed by atoms with Gasteiger partial charge in [-0.3, -0.25) is 4.79 Å². The minimum absolute atomic E-state index is 0.0685. The van der Waals surface area contributed by atoms with Crippen molar-refractivity contribution < 1.29 is 19.5 Å². The number of nitrogens with zero attached hydrogens (tertiary/aromatic N) is 2. The molecule has 2 atom stereocenters. The number of carbonyl (C=O) groups excluding carboxylic acids is 1. The Morgan fingerprint density at radius 3 is 2.81 bits per heavy atom. The lowest BCUT2D eigenvalue weighted by molar-refractivity contribution is -0.141. The predicted molar refractivity (Wildman–Crippen MR) is 54.9 cm³/mol. The molecule has 16 heavy (non-hydrogen) atoms. The van der Waals surface area contributed by atoms with Gasteiger partial charge in [-0.2, -0.15) is 0 Å². The van der Waals surface area contributed by atoms with Crippen molar-refractivity contribution in [3.8, 4) is 0 Å². The summed E-state index contributed by atoms with van der Waals surface area (Å²) in [6, 6.07) is 0. The lowest BCUT2D eigenvalue weighted by Gasteiger charge is -2.18. The van der Waals surface area contributed by atoms with E-state index in [0.29, 0.717) is 5.92 Å². The van der Waals surface area contributed by atoms with Crippen LogP contribution in [0.5, 0.6) is 0 Å². The molecule has 2 rings (SSSR count). The maximum atomic E-state index is 11.9. The average Bonchev–Trinajstić information content (AvgIpc) is 2.84. The molecule has 2 unspecified atom stereocenters. The molecule has 1 amide bonds. The largest absolute Gasteiger partial charge is 0.477 e. The summed E-state index contributed by atoms with van der Waals surface area (Å²) in [6.07, 6.45) is 0.320. The average molecular weight is 226 g/mol. The minimum atomic E-state index is -1.12. The number of aliphatic carboxylic acids is 1. The fraction of sp³-hybridized carbons (Fsp3) is 0.700. The van der Waals surface area contributed by atoms with E-state index in [0.717, 1.165) is 19.5 Å². The highest BCUT2D eigenvalue weighted by molar-refractivity contribution is 6.36. The van der Waals surface area contributed by atoms with Crippen LogP contribution in [-0.2, 0) is 14.4 Å². The van der Waals surface area contributed by atoms with E-state index < -0.39 is 12.1 Å². The van der Waals surface area contributed by atoms with E-state index in [1.807, 2.05) is 0 Å². The number of carboxylic acids is 1. The lowest BCUT2D eigenvalue weighted by Crippen LogP contribution is -2.38. The number of hydrogen-bond donors (Lipinski definition) is 1. The number of oxime groups is 1. The number of carbonyl (C=O) groups is 2. The SMILES string of the molecule is CC1CCN(C(=O)C2CC(C(=O)O)=NO2)C1. The Bertz CT molecular complexity index is 353. The van der Waals surface area contributed by atoms with E-state index >= 15 is 0 Å². The highest BCUT2D eigenvalue weighted by Crippen LogP contribution is 2.20. The summed E-state index contributed by atoms with van der Waals surface area (Å²) in [5.41, 5.74) is -0.0782. The zero-order valence-electron chi connectivity index (χ0n) is 9.05. The normalized spacial score (nSPS) is 28.8. The van der Waals surface area contributed by atoms with Gasteiger partial charge in [-0.25, -0.2) is 4.79 Å². The third kappa shape index (κ3) is 2.00. The van der Waals surface area contributed by atoms with Gasteiger partial charge in [0.2, 0.25) is 6.10 Å². The first kappa shape index (κ1) is 10.9. The molecule has 0 saturated carbocycles. The fourth-order valence-electron chi connectivity index (χ4n) is 1.97. The Hall–Kier alpha value is -1.59. The molecule has 6 heteroatoms. The molecular weight excluding hydrogens is 212 g/mol. The molecule has 1 N–H and O–H groups in total. The molecule has 1 fully saturated rings. The maximum Gasteiger partial charge on any atom is 0.353 e. The molecule has 0 aromatic carbocycles. The van der Waals surface area contributed by atoms with Crippen molar-refractivity contribution in [2.24, 2.45) is 11.1 Å². The zero-order valence-corrected chi connectivity index (χ0v) is 9.05. The van der Waals surface area contributed by atoms with Crippen molar-refractivity contribution >= 4 is 17.6 Å². The van der Waals surface area contributed by atoms with Crippen LogP contribution >= 0.6 is 0 Å². The van der Waals surface area contributed by atoms with Crippen LogP contribution in [0.4, 0.5) is 0 Å². The summed E-state index contributed by atoms with van der Waals surface area (Å²) in [5, 5.41) is 12.1. The summed E-state index contributed by atoms with van der Waals surface area (Å²) >= 11 is 0. The van der Waals surface area contributed by atoms with Crippen LogP contribution in [0.1, 0.15) is 19.8 Å². The Labute approximate surface area is 92.9 Å². The summed E-state index contributed by atoms with van der Waals surface area (Å²) in [6.45, 7) is 3.53. The van der Waals surface area contributed by atoms with Crippen molar-refractivity contribution in [1.82, 2.24) is 4.90 Å². The van der Waals surface area contributed by atoms with Crippen LogP contribution in [0.2, 0.25) is 0 Å². The number of hydrogen-bond acceptors (Lipinski definition) is 4. The van der Waals surface area contributed by atoms with E-state index in [1.54, 1.807) is 4.90 Å². The van der Waals surface area contributed by atoms with Gasteiger partial charge in [0.15, 0.2) is 5.71 Å². The van der Waals surface area contributed by atoms with Crippen molar-refractivity contribution in [2.75, 3.05) is 13.1 Å². The van der Waals surface area contributed by atoms with E-state index in [1.165, 1.54) is 0 Å². The first-order valence-electron chi connectivity index (χ1n) is 5.32. The Balaban J connectivity index is 1.91. The zero-order chi connectivity index (χ0) is 11.7. The Morgan fingerprint density at radius 2 is 2.31 bits per heavy atom. The molecule has 0 spiro atoms. The standard InChI is InChI=1S/C10H14N2O4/c1-6-2-3-12(5-6)9(13)8-4-7(10(14)15)11-16-8/h6,8H,2-5H2,1H3,(H,14,15). The molecule has 88 valence electrons. The monoisotopic (exact) mass is 226 g/mol. The maximum absolute atomic E-state index is 11.9. The van der Waals surface area contributed by atoms with Gasteiger partial charge in [-0.1, -0.05) is 12.1 Å². The van der Waals surface area contributed by atoms with Crippen molar-refractivity contribution in [1.29, 1.82) is 0 Å². The van der Waals surface area contributed by atoms with Crippen LogP contribution in [0.25, 0.3) is 0 Å². The summed E-state index contributed by atoms with van der Waals surface area (Å²) in [4.78, 5) is 29.1. The molecule has 2 aliphatic rings. The molecule has 0 radical (unpaired) electrons. The van der Waals surface area contributed by atoms with Gasteiger partial charge in [0, 0.05) is 19.5 Å². The molecule has 2 heterocycles. The first-order chi connectivity index (χ1) is 7.58. The number of likely N-dealkylation sites (tertiary alicyclic amines) is 1. The molecular formula is C10H14N2O4. The number of amides is 1. The van der Waals surface area contributed by atoms with Gasteiger partial charge in [0.05, 0.1) is 0 Å². The van der Waals surface area contributed by atoms with Crippen LogP contribution in [-0.4, -0.2) is 46.8 Å². The van der Waals surface area contributed by atoms with Crippen LogP contribution in [0.15, 0.2) is 5.16 Å². The Kier molecular flexibility index (Phi) is 2.80. The van der Waals surface area contributed by atoms with E-state index in [9.17, 15) is 9.59 Å². The smallest absolute Gasteiger partial charge is 0.353 e. The number of carboxylic acid groups (broad SMARTS) is 1. The first-order valence-corrected chi connectivity index (χ1v) is 5.32. The third-order valence-corrected chi connectivity index (χ3v) is 2.93. The van der Waals surface area contributed by atoms with Gasteiger partial charge in [-0.05, 0) is 12.3 Å². The predicted octanol–water partition coefficient (Wildman–Crippen LogP) is 0.0843. The van der Waals surface area contributed by atoms with Crippen molar-refractivity contribution in [3.05, 3.63) is 0 Å². The van der Waals surface area contributed by atoms with E-state index in [-0.39, 0.29) is 18.0 Å². The van der Waals surface area contributed by atoms with Crippen molar-refractivity contribution in [2.45, 2.75) is 25.9 Å². The topological polar surface area (TPSA) is 79.2 Å². The Morgan fingerprint density at radius 1 is 1.56 bits per heavy atom. The molecule has 0 aliphatic carbocycles. The molecule has 0 bridgehead atoms. The molecule has 6 nitrogen and oxygen atoms in total. The van der Waals surface area contributed by atoms with Gasteiger partial charge in [-0.15, -0.1) is 0 Å². The van der Waals surface area contributed by atoms with Gasteiger partial charge in [0.1, 0.15) is 0 Å². The van der Waals surface area contributed by atoms with E-state index in [2.05, 4.69) is 12.1 Å². The minimum Gasteiger partial charge on any atom is -0.477 e. The third-order valence-electron chi connectivity index (χ3n) is 2.93. The highest BCUT2D eigenvalue weighted by Gasteiger charge is 2.36. The summed E-state index contributed by atoms with van der Waals surface area (Å²) in [7, 11) is 0. The molecule has 0 aromatic rings. The number of rotatable bonds is 2. The summed E-state index contributed by atoms with van der Waals surface area (Å²) in [5.74, 6) is -0.764. The second-order valence-corrected chi connectivity index (χ2v) is 4.32. The molecule has 2 aliphatic heterocycles. The fourth-order valence-corrected chi connectivity index (χ4v) is 1.97. The summed E-state index contributed by atoms with van der Waals surface area (Å²) < 4.78 is 0. The second kappa shape index (κ2) is 4.11. The van der Waals surface area contributed by atoms with Crippen LogP contribution in [0.3, 0.4) is 0 Å². The quantitative estimate of drug-likeness (QED) is 0.723. The van der Waals surface area contributed by atoms with E-state index in [4.69, 9.17) is 9.94 Å².